The molecule has 1 aliphatic rings. The molecule has 1 saturated heterocycles. The molecule has 0 unspecified atom stereocenters. The molecule has 0 radical (unpaired) electrons. The molecule has 0 bridgehead atoms. The maximum atomic E-state index is 11.3. The highest BCUT2D eigenvalue weighted by atomic mass is 32.1. The lowest BCUT2D eigenvalue weighted by Crippen LogP contribution is -2.35. The molecule has 0 saturated carbocycles. The first kappa shape index (κ1) is 14.4. The maximum absolute atomic E-state index is 11.3. The summed E-state index contributed by atoms with van der Waals surface area (Å²) in [6.45, 7) is 3.27. The van der Waals surface area contributed by atoms with E-state index >= 15 is 0 Å². The first-order valence-electron chi connectivity index (χ1n) is 6.49. The summed E-state index contributed by atoms with van der Waals surface area (Å²) in [4.78, 5) is 16.2. The fraction of sp³-hybridized carbons (Fsp3) is 0.692. The first-order chi connectivity index (χ1) is 9.13. The number of aromatic nitrogens is 1. The molecule has 0 spiro atoms. The van der Waals surface area contributed by atoms with Crippen LogP contribution in [0.2, 0.25) is 0 Å². The number of carboxylic acids is 1. The Balaban J connectivity index is 2.37. The van der Waals surface area contributed by atoms with E-state index in [1.54, 1.807) is 7.11 Å². The van der Waals surface area contributed by atoms with Crippen LogP contribution in [0.5, 0.6) is 0 Å². The van der Waals surface area contributed by atoms with Gasteiger partial charge in [-0.15, -0.1) is 11.3 Å². The SMILES string of the molecule is CCCc1nc(C2(OC)CCOCC2)sc1C(=O)O. The van der Waals surface area contributed by atoms with E-state index in [-0.39, 0.29) is 0 Å². The smallest absolute Gasteiger partial charge is 0.347 e. The van der Waals surface area contributed by atoms with Crippen molar-refractivity contribution in [1.82, 2.24) is 4.98 Å². The van der Waals surface area contributed by atoms with Gasteiger partial charge in [-0.1, -0.05) is 13.3 Å². The summed E-state index contributed by atoms with van der Waals surface area (Å²) in [5, 5.41) is 10.0. The fourth-order valence-electron chi connectivity index (χ4n) is 2.33. The quantitative estimate of drug-likeness (QED) is 0.900. The number of hydrogen-bond donors (Lipinski definition) is 1. The third kappa shape index (κ3) is 2.80. The van der Waals surface area contributed by atoms with Crippen molar-refractivity contribution >= 4 is 17.3 Å². The van der Waals surface area contributed by atoms with Crippen LogP contribution in [-0.4, -0.2) is 36.4 Å². The van der Waals surface area contributed by atoms with E-state index in [2.05, 4.69) is 4.98 Å². The Morgan fingerprint density at radius 3 is 2.74 bits per heavy atom. The first-order valence-corrected chi connectivity index (χ1v) is 7.31. The second-order valence-electron chi connectivity index (χ2n) is 4.66. The second kappa shape index (κ2) is 5.98. The van der Waals surface area contributed by atoms with Crippen LogP contribution < -0.4 is 0 Å². The van der Waals surface area contributed by atoms with E-state index in [9.17, 15) is 9.90 Å². The Kier molecular flexibility index (Phi) is 4.54. The summed E-state index contributed by atoms with van der Waals surface area (Å²) in [6.07, 6.45) is 3.02. The van der Waals surface area contributed by atoms with Crippen molar-refractivity contribution in [3.8, 4) is 0 Å². The zero-order valence-corrected chi connectivity index (χ0v) is 12.1. The third-order valence-electron chi connectivity index (χ3n) is 3.46. The summed E-state index contributed by atoms with van der Waals surface area (Å²) in [7, 11) is 1.66. The predicted octanol–water partition coefficient (Wildman–Crippen LogP) is 2.45. The third-order valence-corrected chi connectivity index (χ3v) is 4.73. The molecule has 1 fully saturated rings. The van der Waals surface area contributed by atoms with Crippen LogP contribution in [0.25, 0.3) is 0 Å². The van der Waals surface area contributed by atoms with Crippen molar-refractivity contribution in [2.75, 3.05) is 20.3 Å². The molecule has 0 aromatic carbocycles. The highest BCUT2D eigenvalue weighted by Crippen LogP contribution is 2.39. The summed E-state index contributed by atoms with van der Waals surface area (Å²) in [5.74, 6) is -0.898. The lowest BCUT2D eigenvalue weighted by molar-refractivity contribution is -0.0948. The summed E-state index contributed by atoms with van der Waals surface area (Å²) < 4.78 is 11.0. The van der Waals surface area contributed by atoms with Gasteiger partial charge in [-0.05, 0) is 6.42 Å². The molecule has 19 heavy (non-hydrogen) atoms. The van der Waals surface area contributed by atoms with Gasteiger partial charge in [-0.25, -0.2) is 9.78 Å². The minimum Gasteiger partial charge on any atom is -0.477 e. The fourth-order valence-corrected chi connectivity index (χ4v) is 3.50. The molecule has 1 aromatic heterocycles. The van der Waals surface area contributed by atoms with Crippen LogP contribution >= 0.6 is 11.3 Å². The average Bonchev–Trinajstić information content (AvgIpc) is 2.85. The van der Waals surface area contributed by atoms with E-state index in [1.807, 2.05) is 6.92 Å². The van der Waals surface area contributed by atoms with Crippen molar-refractivity contribution in [1.29, 1.82) is 0 Å². The van der Waals surface area contributed by atoms with E-state index in [0.717, 1.165) is 24.3 Å². The van der Waals surface area contributed by atoms with Crippen LogP contribution in [0.3, 0.4) is 0 Å². The van der Waals surface area contributed by atoms with Gasteiger partial charge in [0, 0.05) is 33.2 Å². The van der Waals surface area contributed by atoms with Crippen molar-refractivity contribution in [2.45, 2.75) is 38.2 Å². The average molecular weight is 285 g/mol. The van der Waals surface area contributed by atoms with Crippen LogP contribution in [0.4, 0.5) is 0 Å². The number of aromatic carboxylic acids is 1. The monoisotopic (exact) mass is 285 g/mol. The summed E-state index contributed by atoms with van der Waals surface area (Å²) >= 11 is 1.25. The Morgan fingerprint density at radius 2 is 2.21 bits per heavy atom. The summed E-state index contributed by atoms with van der Waals surface area (Å²) in [6, 6.07) is 0. The van der Waals surface area contributed by atoms with Crippen LogP contribution in [0, 0.1) is 0 Å². The Morgan fingerprint density at radius 1 is 1.53 bits per heavy atom. The minimum atomic E-state index is -0.898. The number of ether oxygens (including phenoxy) is 2. The highest BCUT2D eigenvalue weighted by molar-refractivity contribution is 7.13. The van der Waals surface area contributed by atoms with Gasteiger partial charge in [-0.3, -0.25) is 0 Å². The number of rotatable bonds is 5. The molecule has 6 heteroatoms. The molecular formula is C13H19NO4S. The Bertz CT molecular complexity index is 451. The predicted molar refractivity (Wildman–Crippen MR) is 71.8 cm³/mol. The second-order valence-corrected chi connectivity index (χ2v) is 5.66. The van der Waals surface area contributed by atoms with Crippen molar-refractivity contribution < 1.29 is 19.4 Å². The molecule has 5 nitrogen and oxygen atoms in total. The number of carbonyl (C=O) groups is 1. The van der Waals surface area contributed by atoms with Crippen LogP contribution in [0.1, 0.15) is 46.6 Å². The molecular weight excluding hydrogens is 266 g/mol. The number of methoxy groups -OCH3 is 1. The van der Waals surface area contributed by atoms with Gasteiger partial charge in [0.2, 0.25) is 0 Å². The lowest BCUT2D eigenvalue weighted by atomic mass is 9.95. The molecule has 1 aromatic rings. The van der Waals surface area contributed by atoms with Crippen molar-refractivity contribution in [2.24, 2.45) is 0 Å². The molecule has 2 heterocycles. The standard InChI is InChI=1S/C13H19NO4S/c1-3-4-9-10(11(15)16)19-12(14-9)13(17-2)5-7-18-8-6-13/h3-8H2,1-2H3,(H,15,16). The zero-order chi connectivity index (χ0) is 13.9. The topological polar surface area (TPSA) is 68.7 Å². The highest BCUT2D eigenvalue weighted by Gasteiger charge is 2.38. The van der Waals surface area contributed by atoms with Crippen LogP contribution in [-0.2, 0) is 21.5 Å². The van der Waals surface area contributed by atoms with Gasteiger partial charge in [0.25, 0.3) is 0 Å². The van der Waals surface area contributed by atoms with Crippen LogP contribution in [0.15, 0.2) is 0 Å². The summed E-state index contributed by atoms with van der Waals surface area (Å²) in [5.41, 5.74) is 0.206. The molecule has 1 N–H and O–H groups in total. The molecule has 2 rings (SSSR count). The van der Waals surface area contributed by atoms with Crippen molar-refractivity contribution in [3.63, 3.8) is 0 Å². The molecule has 106 valence electrons. The van der Waals surface area contributed by atoms with E-state index in [1.165, 1.54) is 11.3 Å². The number of carboxylic acid groups (broad SMARTS) is 1. The van der Waals surface area contributed by atoms with Gasteiger partial charge < -0.3 is 14.6 Å². The zero-order valence-electron chi connectivity index (χ0n) is 11.3. The largest absolute Gasteiger partial charge is 0.477 e. The normalized spacial score (nSPS) is 18.4. The minimum absolute atomic E-state index is 0.347. The van der Waals surface area contributed by atoms with Gasteiger partial charge in [0.1, 0.15) is 15.5 Å². The van der Waals surface area contributed by atoms with E-state index in [0.29, 0.717) is 30.2 Å². The molecule has 1 aliphatic heterocycles. The molecule has 0 atom stereocenters. The Labute approximate surface area is 116 Å². The number of nitrogens with zero attached hydrogens (tertiary/aromatic N) is 1. The van der Waals surface area contributed by atoms with Gasteiger partial charge in [0.15, 0.2) is 0 Å². The van der Waals surface area contributed by atoms with E-state index in [4.69, 9.17) is 9.47 Å². The van der Waals surface area contributed by atoms with Crippen molar-refractivity contribution in [3.05, 3.63) is 15.6 Å². The Hall–Kier alpha value is -0.980. The molecule has 0 amide bonds. The van der Waals surface area contributed by atoms with E-state index < -0.39 is 11.6 Å². The maximum Gasteiger partial charge on any atom is 0.347 e. The number of aryl methyl sites for hydroxylation is 1. The lowest BCUT2D eigenvalue weighted by Gasteiger charge is -2.33. The number of hydrogen-bond acceptors (Lipinski definition) is 5. The van der Waals surface area contributed by atoms with Gasteiger partial charge in [0.05, 0.1) is 5.69 Å². The number of thiazole rings is 1. The van der Waals surface area contributed by atoms with Gasteiger partial charge in [-0.2, -0.15) is 0 Å². The van der Waals surface area contributed by atoms with Gasteiger partial charge >= 0.3 is 5.97 Å². The molecule has 0 aliphatic carbocycles.